The molecule has 2 aromatic carbocycles. The standard InChI is InChI=1S/C18H23N3/c19-21-12-10-20(11-13-21)15-18-9-5-4-8-17(18)14-16-6-2-1-3-7-16/h1-9H,10-15,19H2. The van der Waals surface area contributed by atoms with Crippen molar-refractivity contribution in [2.75, 3.05) is 26.2 Å². The number of hydrogen-bond donors (Lipinski definition) is 1. The first-order valence-corrected chi connectivity index (χ1v) is 7.64. The lowest BCUT2D eigenvalue weighted by atomic mass is 9.99. The van der Waals surface area contributed by atoms with Crippen molar-refractivity contribution in [1.82, 2.24) is 9.91 Å². The van der Waals surface area contributed by atoms with Gasteiger partial charge >= 0.3 is 0 Å². The third-order valence-corrected chi connectivity index (χ3v) is 4.16. The van der Waals surface area contributed by atoms with E-state index in [4.69, 9.17) is 5.84 Å². The van der Waals surface area contributed by atoms with Gasteiger partial charge < -0.3 is 0 Å². The van der Waals surface area contributed by atoms with Gasteiger partial charge in [0.2, 0.25) is 0 Å². The maximum Gasteiger partial charge on any atom is 0.0257 e. The van der Waals surface area contributed by atoms with Gasteiger partial charge in [-0.2, -0.15) is 0 Å². The van der Waals surface area contributed by atoms with Crippen LogP contribution in [0.5, 0.6) is 0 Å². The Morgan fingerprint density at radius 2 is 1.38 bits per heavy atom. The molecule has 1 aliphatic rings. The summed E-state index contributed by atoms with van der Waals surface area (Å²) in [5.41, 5.74) is 4.24. The van der Waals surface area contributed by atoms with E-state index in [0.29, 0.717) is 0 Å². The van der Waals surface area contributed by atoms with E-state index in [0.717, 1.165) is 39.1 Å². The average molecular weight is 281 g/mol. The molecule has 1 fully saturated rings. The Morgan fingerprint density at radius 3 is 2.10 bits per heavy atom. The van der Waals surface area contributed by atoms with E-state index in [-0.39, 0.29) is 0 Å². The molecule has 21 heavy (non-hydrogen) atoms. The fourth-order valence-corrected chi connectivity index (χ4v) is 2.86. The molecule has 0 unspecified atom stereocenters. The Hall–Kier alpha value is -1.68. The molecule has 0 aromatic heterocycles. The summed E-state index contributed by atoms with van der Waals surface area (Å²) in [5.74, 6) is 5.83. The second-order valence-electron chi connectivity index (χ2n) is 5.74. The van der Waals surface area contributed by atoms with Crippen LogP contribution in [0.25, 0.3) is 0 Å². The summed E-state index contributed by atoms with van der Waals surface area (Å²) in [4.78, 5) is 2.49. The number of nitrogens with two attached hydrogens (primary N) is 1. The van der Waals surface area contributed by atoms with Gasteiger partial charge in [-0.05, 0) is 23.1 Å². The van der Waals surface area contributed by atoms with Crippen molar-refractivity contribution < 1.29 is 0 Å². The van der Waals surface area contributed by atoms with Crippen molar-refractivity contribution in [3.05, 3.63) is 71.3 Å². The fourth-order valence-electron chi connectivity index (χ4n) is 2.86. The zero-order valence-corrected chi connectivity index (χ0v) is 12.4. The lowest BCUT2D eigenvalue weighted by molar-refractivity contribution is 0.128. The molecule has 2 aromatic rings. The van der Waals surface area contributed by atoms with Gasteiger partial charge in [0.1, 0.15) is 0 Å². The first-order valence-electron chi connectivity index (χ1n) is 7.64. The van der Waals surface area contributed by atoms with Crippen LogP contribution in [-0.4, -0.2) is 36.1 Å². The van der Waals surface area contributed by atoms with Gasteiger partial charge in [-0.1, -0.05) is 54.6 Å². The van der Waals surface area contributed by atoms with Gasteiger partial charge in [-0.25, -0.2) is 5.01 Å². The van der Waals surface area contributed by atoms with Gasteiger partial charge in [0.15, 0.2) is 0 Å². The summed E-state index contributed by atoms with van der Waals surface area (Å²) in [6.07, 6.45) is 1.01. The third kappa shape index (κ3) is 3.91. The number of benzene rings is 2. The Balaban J connectivity index is 1.70. The van der Waals surface area contributed by atoms with Gasteiger partial charge in [0.25, 0.3) is 0 Å². The number of hydrogen-bond acceptors (Lipinski definition) is 3. The van der Waals surface area contributed by atoms with Crippen LogP contribution in [0.2, 0.25) is 0 Å². The molecule has 0 spiro atoms. The Kier molecular flexibility index (Phi) is 4.65. The van der Waals surface area contributed by atoms with Crippen LogP contribution >= 0.6 is 0 Å². The SMILES string of the molecule is NN1CCN(Cc2ccccc2Cc2ccccc2)CC1. The third-order valence-electron chi connectivity index (χ3n) is 4.16. The molecule has 0 atom stereocenters. The molecule has 1 aliphatic heterocycles. The smallest absolute Gasteiger partial charge is 0.0257 e. The highest BCUT2D eigenvalue weighted by Crippen LogP contribution is 2.17. The maximum atomic E-state index is 5.83. The lowest BCUT2D eigenvalue weighted by Crippen LogP contribution is -2.48. The predicted octanol–water partition coefficient (Wildman–Crippen LogP) is 2.27. The van der Waals surface area contributed by atoms with Gasteiger partial charge in [-0.15, -0.1) is 0 Å². The van der Waals surface area contributed by atoms with E-state index in [1.54, 1.807) is 0 Å². The first kappa shape index (κ1) is 14.3. The maximum absolute atomic E-state index is 5.83. The van der Waals surface area contributed by atoms with Crippen molar-refractivity contribution in [2.24, 2.45) is 5.84 Å². The highest BCUT2D eigenvalue weighted by molar-refractivity contribution is 5.32. The number of nitrogens with zero attached hydrogens (tertiary/aromatic N) is 2. The molecular weight excluding hydrogens is 258 g/mol. The first-order chi connectivity index (χ1) is 10.3. The van der Waals surface area contributed by atoms with Crippen LogP contribution in [0.3, 0.4) is 0 Å². The van der Waals surface area contributed by atoms with Crippen LogP contribution in [-0.2, 0) is 13.0 Å². The minimum Gasteiger partial charge on any atom is -0.296 e. The molecule has 0 amide bonds. The molecular formula is C18H23N3. The Bertz CT molecular complexity index is 560. The monoisotopic (exact) mass is 281 g/mol. The molecule has 0 saturated carbocycles. The molecule has 1 saturated heterocycles. The second-order valence-corrected chi connectivity index (χ2v) is 5.74. The molecule has 3 heteroatoms. The molecule has 0 radical (unpaired) electrons. The Labute approximate surface area is 127 Å². The molecule has 1 heterocycles. The molecule has 3 rings (SSSR count). The number of piperazine rings is 1. The minimum atomic E-state index is 0.959. The fraction of sp³-hybridized carbons (Fsp3) is 0.333. The quantitative estimate of drug-likeness (QED) is 0.873. The van der Waals surface area contributed by atoms with E-state index in [1.165, 1.54) is 16.7 Å². The van der Waals surface area contributed by atoms with E-state index in [9.17, 15) is 0 Å². The molecule has 2 N–H and O–H groups in total. The molecule has 110 valence electrons. The molecule has 0 aliphatic carbocycles. The summed E-state index contributed by atoms with van der Waals surface area (Å²) in [6, 6.07) is 19.5. The van der Waals surface area contributed by atoms with Crippen LogP contribution in [0.15, 0.2) is 54.6 Å². The van der Waals surface area contributed by atoms with Crippen LogP contribution < -0.4 is 5.84 Å². The van der Waals surface area contributed by atoms with Crippen LogP contribution in [0, 0.1) is 0 Å². The highest BCUT2D eigenvalue weighted by atomic mass is 15.4. The van der Waals surface area contributed by atoms with Crippen LogP contribution in [0.4, 0.5) is 0 Å². The summed E-state index contributed by atoms with van der Waals surface area (Å²) >= 11 is 0. The number of hydrazine groups is 1. The molecule has 0 bridgehead atoms. The van der Waals surface area contributed by atoms with Crippen molar-refractivity contribution in [3.8, 4) is 0 Å². The number of rotatable bonds is 4. The van der Waals surface area contributed by atoms with E-state index in [2.05, 4.69) is 59.5 Å². The topological polar surface area (TPSA) is 32.5 Å². The molecule has 3 nitrogen and oxygen atoms in total. The van der Waals surface area contributed by atoms with E-state index in [1.807, 2.05) is 5.01 Å². The summed E-state index contributed by atoms with van der Waals surface area (Å²) in [7, 11) is 0. The predicted molar refractivity (Wildman–Crippen MR) is 86.7 cm³/mol. The van der Waals surface area contributed by atoms with Crippen LogP contribution in [0.1, 0.15) is 16.7 Å². The van der Waals surface area contributed by atoms with Gasteiger partial charge in [0.05, 0.1) is 0 Å². The normalized spacial score (nSPS) is 17.0. The van der Waals surface area contributed by atoms with Crippen molar-refractivity contribution in [2.45, 2.75) is 13.0 Å². The zero-order chi connectivity index (χ0) is 14.5. The van der Waals surface area contributed by atoms with Crippen molar-refractivity contribution >= 4 is 0 Å². The lowest BCUT2D eigenvalue weighted by Gasteiger charge is -2.32. The summed E-state index contributed by atoms with van der Waals surface area (Å²) in [5, 5.41) is 1.91. The largest absolute Gasteiger partial charge is 0.296 e. The summed E-state index contributed by atoms with van der Waals surface area (Å²) < 4.78 is 0. The Morgan fingerprint density at radius 1 is 0.762 bits per heavy atom. The van der Waals surface area contributed by atoms with E-state index < -0.39 is 0 Å². The summed E-state index contributed by atoms with van der Waals surface area (Å²) in [6.45, 7) is 5.05. The second kappa shape index (κ2) is 6.85. The van der Waals surface area contributed by atoms with Crippen molar-refractivity contribution in [3.63, 3.8) is 0 Å². The minimum absolute atomic E-state index is 0.959. The highest BCUT2D eigenvalue weighted by Gasteiger charge is 2.15. The zero-order valence-electron chi connectivity index (χ0n) is 12.4. The van der Waals surface area contributed by atoms with Gasteiger partial charge in [0, 0.05) is 32.7 Å². The van der Waals surface area contributed by atoms with Crippen molar-refractivity contribution in [1.29, 1.82) is 0 Å². The van der Waals surface area contributed by atoms with E-state index >= 15 is 0 Å². The van der Waals surface area contributed by atoms with Gasteiger partial charge in [-0.3, -0.25) is 10.7 Å². The average Bonchev–Trinajstić information content (AvgIpc) is 2.52.